The predicted molar refractivity (Wildman–Crippen MR) is 255 cm³/mol. The second-order valence-corrected chi connectivity index (χ2v) is 17.5. The molecule has 6 nitrogen and oxygen atoms in total. The molecule has 346 valence electrons. The van der Waals surface area contributed by atoms with Crippen molar-refractivity contribution in [1.29, 1.82) is 0 Å². The van der Waals surface area contributed by atoms with Crippen LogP contribution in [0.1, 0.15) is 265 Å². The fourth-order valence-corrected chi connectivity index (χ4v) is 7.86. The van der Waals surface area contributed by atoms with Gasteiger partial charge in [-0.25, -0.2) is 0 Å². The summed E-state index contributed by atoms with van der Waals surface area (Å²) in [6.07, 6.45) is 54.9. The number of nitrogens with one attached hydrogen (secondary N) is 1. The fraction of sp³-hybridized carbons (Fsp3) is 0.849. The van der Waals surface area contributed by atoms with E-state index in [0.717, 1.165) is 77.0 Å². The zero-order chi connectivity index (χ0) is 43.1. The van der Waals surface area contributed by atoms with Crippen LogP contribution in [0, 0.1) is 0 Å². The van der Waals surface area contributed by atoms with Gasteiger partial charge in [0.15, 0.2) is 0 Å². The largest absolute Gasteiger partial charge is 0.462 e. The van der Waals surface area contributed by atoms with E-state index in [1.807, 2.05) is 0 Å². The number of carbonyl (C=O) groups is 2. The minimum atomic E-state index is -0.794. The number of hydrogen-bond acceptors (Lipinski definition) is 5. The molecular weight excluding hydrogens is 731 g/mol. The summed E-state index contributed by atoms with van der Waals surface area (Å²) < 4.78 is 5.91. The Hall–Kier alpha value is -1.92. The molecule has 1 amide bonds. The smallest absolute Gasteiger partial charge is 0.306 e. The number of esters is 1. The van der Waals surface area contributed by atoms with Crippen LogP contribution in [0.5, 0.6) is 0 Å². The van der Waals surface area contributed by atoms with Crippen LogP contribution >= 0.6 is 0 Å². The molecule has 0 bridgehead atoms. The molecule has 0 aromatic heterocycles. The molecule has 0 aromatic rings. The summed E-state index contributed by atoms with van der Waals surface area (Å²) in [7, 11) is 0. The number of rotatable bonds is 46. The fourth-order valence-electron chi connectivity index (χ4n) is 7.86. The summed E-state index contributed by atoms with van der Waals surface area (Å²) in [4.78, 5) is 26.1. The third-order valence-corrected chi connectivity index (χ3v) is 11.7. The molecule has 0 saturated heterocycles. The topological polar surface area (TPSA) is 95.9 Å². The molecule has 59 heavy (non-hydrogen) atoms. The van der Waals surface area contributed by atoms with E-state index in [0.29, 0.717) is 19.3 Å². The van der Waals surface area contributed by atoms with Crippen molar-refractivity contribution in [3.63, 3.8) is 0 Å². The van der Waals surface area contributed by atoms with Crippen molar-refractivity contribution in [1.82, 2.24) is 5.32 Å². The number of amides is 1. The first kappa shape index (κ1) is 57.1. The highest BCUT2D eigenvalue weighted by Gasteiger charge is 2.24. The van der Waals surface area contributed by atoms with Gasteiger partial charge in [0, 0.05) is 6.42 Å². The summed E-state index contributed by atoms with van der Waals surface area (Å²) in [5, 5.41) is 23.7. The van der Waals surface area contributed by atoms with Crippen LogP contribution in [0.25, 0.3) is 0 Å². The van der Waals surface area contributed by atoms with Crippen LogP contribution in [0.2, 0.25) is 0 Å². The van der Waals surface area contributed by atoms with Gasteiger partial charge in [-0.15, -0.1) is 0 Å². The predicted octanol–water partition coefficient (Wildman–Crippen LogP) is 15.3. The minimum absolute atomic E-state index is 0.0552. The Morgan fingerprint density at radius 3 is 1.37 bits per heavy atom. The highest BCUT2D eigenvalue weighted by Crippen LogP contribution is 2.18. The van der Waals surface area contributed by atoms with Crippen molar-refractivity contribution in [2.45, 2.75) is 283 Å². The summed E-state index contributed by atoms with van der Waals surface area (Å²) in [6.45, 7) is 6.37. The van der Waals surface area contributed by atoms with E-state index in [2.05, 4.69) is 62.5 Å². The molecule has 0 saturated carbocycles. The van der Waals surface area contributed by atoms with E-state index in [1.165, 1.54) is 141 Å². The SMILES string of the molecule is CC/C=C/C/C=C/C/C=C/CCCCC(CC(=O)NC(CO)C(O)CCCCCCCCCCCCCCC)OC(=O)CCCCCCCCCCCCCCCCC. The van der Waals surface area contributed by atoms with Gasteiger partial charge in [-0.05, 0) is 57.8 Å². The van der Waals surface area contributed by atoms with Crippen molar-refractivity contribution >= 4 is 11.9 Å². The maximum absolute atomic E-state index is 13.2. The number of ether oxygens (including phenoxy) is 1. The Balaban J connectivity index is 4.56. The molecule has 0 heterocycles. The molecule has 0 aliphatic rings. The van der Waals surface area contributed by atoms with Crippen molar-refractivity contribution in [2.24, 2.45) is 0 Å². The Morgan fingerprint density at radius 2 is 0.915 bits per heavy atom. The second-order valence-electron chi connectivity index (χ2n) is 17.5. The summed E-state index contributed by atoms with van der Waals surface area (Å²) in [5.41, 5.74) is 0. The van der Waals surface area contributed by atoms with Gasteiger partial charge in [-0.1, -0.05) is 231 Å². The molecular formula is C53H99NO5. The molecule has 0 spiro atoms. The highest BCUT2D eigenvalue weighted by atomic mass is 16.5. The molecule has 3 unspecified atom stereocenters. The summed E-state index contributed by atoms with van der Waals surface area (Å²) in [6, 6.07) is -0.710. The lowest BCUT2D eigenvalue weighted by atomic mass is 10.0. The van der Waals surface area contributed by atoms with Gasteiger partial charge >= 0.3 is 5.97 Å². The van der Waals surface area contributed by atoms with Crippen molar-refractivity contribution in [2.75, 3.05) is 6.61 Å². The maximum Gasteiger partial charge on any atom is 0.306 e. The lowest BCUT2D eigenvalue weighted by molar-refractivity contribution is -0.151. The molecule has 0 radical (unpaired) electrons. The Kier molecular flexibility index (Phi) is 45.6. The number of allylic oxidation sites excluding steroid dienone is 6. The molecule has 0 aliphatic heterocycles. The standard InChI is InChI=1S/C53H99NO5/c1-4-7-10-13-16-19-22-25-26-28-31-34-37-40-43-46-53(58)59-49(44-41-38-35-32-29-24-21-18-15-12-9-6-3)47-52(57)54-50(48-55)51(56)45-42-39-36-33-30-27-23-20-17-14-11-8-5-2/h9,12,18,21,29,32,49-51,55-56H,4-8,10-11,13-17,19-20,22-28,30-31,33-48H2,1-3H3,(H,54,57)/b12-9+,21-18+,32-29+. The number of hydrogen-bond donors (Lipinski definition) is 3. The maximum atomic E-state index is 13.2. The summed E-state index contributed by atoms with van der Waals surface area (Å²) in [5.74, 6) is -0.502. The number of carbonyl (C=O) groups excluding carboxylic acids is 2. The molecule has 0 aliphatic carbocycles. The quantitative estimate of drug-likeness (QED) is 0.0323. The Morgan fingerprint density at radius 1 is 0.508 bits per heavy atom. The van der Waals surface area contributed by atoms with Gasteiger partial charge in [-0.3, -0.25) is 9.59 Å². The number of unbranched alkanes of at least 4 members (excludes halogenated alkanes) is 28. The zero-order valence-corrected chi connectivity index (χ0v) is 39.4. The minimum Gasteiger partial charge on any atom is -0.462 e. The van der Waals surface area contributed by atoms with Crippen LogP contribution in [0.15, 0.2) is 36.5 Å². The van der Waals surface area contributed by atoms with E-state index in [1.54, 1.807) is 0 Å². The van der Waals surface area contributed by atoms with Gasteiger partial charge in [0.05, 0.1) is 25.2 Å². The average molecular weight is 830 g/mol. The van der Waals surface area contributed by atoms with E-state index < -0.39 is 18.2 Å². The van der Waals surface area contributed by atoms with Gasteiger partial charge in [-0.2, -0.15) is 0 Å². The first-order valence-electron chi connectivity index (χ1n) is 25.7. The lowest BCUT2D eigenvalue weighted by Gasteiger charge is -2.24. The van der Waals surface area contributed by atoms with Crippen molar-refractivity contribution < 1.29 is 24.5 Å². The normalized spacial score (nSPS) is 13.5. The lowest BCUT2D eigenvalue weighted by Crippen LogP contribution is -2.46. The third-order valence-electron chi connectivity index (χ3n) is 11.7. The molecule has 0 aromatic carbocycles. The highest BCUT2D eigenvalue weighted by molar-refractivity contribution is 5.77. The van der Waals surface area contributed by atoms with Gasteiger partial charge in [0.1, 0.15) is 6.10 Å². The van der Waals surface area contributed by atoms with Crippen LogP contribution in [0.4, 0.5) is 0 Å². The monoisotopic (exact) mass is 830 g/mol. The van der Waals surface area contributed by atoms with Crippen LogP contribution in [0.3, 0.4) is 0 Å². The Bertz CT molecular complexity index is 977. The first-order valence-corrected chi connectivity index (χ1v) is 25.7. The number of aliphatic hydroxyl groups is 2. The summed E-state index contributed by atoms with van der Waals surface area (Å²) >= 11 is 0. The molecule has 0 fully saturated rings. The van der Waals surface area contributed by atoms with E-state index >= 15 is 0 Å². The third kappa shape index (κ3) is 42.6. The first-order chi connectivity index (χ1) is 29.0. The average Bonchev–Trinajstić information content (AvgIpc) is 3.23. The zero-order valence-electron chi connectivity index (χ0n) is 39.4. The van der Waals surface area contributed by atoms with E-state index in [9.17, 15) is 19.8 Å². The van der Waals surface area contributed by atoms with Gasteiger partial charge in [0.2, 0.25) is 5.91 Å². The van der Waals surface area contributed by atoms with Crippen LogP contribution in [-0.4, -0.2) is 46.9 Å². The van der Waals surface area contributed by atoms with E-state index in [-0.39, 0.29) is 24.9 Å². The van der Waals surface area contributed by atoms with Crippen molar-refractivity contribution in [3.8, 4) is 0 Å². The van der Waals surface area contributed by atoms with Crippen LogP contribution < -0.4 is 5.32 Å². The van der Waals surface area contributed by atoms with Gasteiger partial charge < -0.3 is 20.3 Å². The molecule has 3 atom stereocenters. The molecule has 0 rings (SSSR count). The second kappa shape index (κ2) is 47.1. The van der Waals surface area contributed by atoms with E-state index in [4.69, 9.17) is 4.74 Å². The Labute approximate surface area is 366 Å². The van der Waals surface area contributed by atoms with Crippen molar-refractivity contribution in [3.05, 3.63) is 36.5 Å². The van der Waals surface area contributed by atoms with Gasteiger partial charge in [0.25, 0.3) is 0 Å². The van der Waals surface area contributed by atoms with Crippen LogP contribution in [-0.2, 0) is 14.3 Å². The number of aliphatic hydroxyl groups excluding tert-OH is 2. The molecule has 6 heteroatoms. The molecule has 3 N–H and O–H groups in total.